The third-order valence-corrected chi connectivity index (χ3v) is 4.81. The zero-order chi connectivity index (χ0) is 15.4. The molecule has 0 aliphatic rings. The molecule has 0 rings (SSSR count). The molecule has 0 atom stereocenters. The highest BCUT2D eigenvalue weighted by atomic mass is 28.3. The van der Waals surface area contributed by atoms with Gasteiger partial charge in [0, 0.05) is 20.9 Å². The van der Waals surface area contributed by atoms with Crippen LogP contribution in [0.4, 0.5) is 0 Å². The molecule has 0 aliphatic heterocycles. The van der Waals surface area contributed by atoms with Crippen LogP contribution in [0.25, 0.3) is 0 Å². The second kappa shape index (κ2) is 10.9. The van der Waals surface area contributed by atoms with Crippen LogP contribution in [-0.4, -0.2) is 33.7 Å². The maximum Gasteiger partial charge on any atom is 0.305 e. The van der Waals surface area contributed by atoms with Crippen molar-refractivity contribution >= 4 is 20.0 Å². The highest BCUT2D eigenvalue weighted by Gasteiger charge is 2.13. The number of ether oxygens (including phenoxy) is 2. The van der Waals surface area contributed by atoms with Crippen LogP contribution in [0.2, 0.25) is 25.7 Å². The van der Waals surface area contributed by atoms with E-state index in [0.717, 1.165) is 38.1 Å². The maximum absolute atomic E-state index is 11.5. The van der Waals surface area contributed by atoms with E-state index in [9.17, 15) is 9.59 Å². The standard InChI is InChI=1S/C15H30O4Si/c1-18-14(16)10-8-6-5-7-9-11-15(17)19-12-13-20(2,3)4/h5-13H2,1-4H3. The normalized spacial score (nSPS) is 11.2. The summed E-state index contributed by atoms with van der Waals surface area (Å²) in [5.74, 6) is -0.214. The first-order chi connectivity index (χ1) is 9.35. The van der Waals surface area contributed by atoms with E-state index in [2.05, 4.69) is 24.4 Å². The van der Waals surface area contributed by atoms with Crippen molar-refractivity contribution in [2.45, 2.75) is 70.6 Å². The van der Waals surface area contributed by atoms with Gasteiger partial charge >= 0.3 is 11.9 Å². The number of hydrogen-bond acceptors (Lipinski definition) is 4. The van der Waals surface area contributed by atoms with Crippen LogP contribution in [0, 0.1) is 0 Å². The number of methoxy groups -OCH3 is 1. The molecule has 0 spiro atoms. The Morgan fingerprint density at radius 1 is 0.850 bits per heavy atom. The molecule has 0 amide bonds. The summed E-state index contributed by atoms with van der Waals surface area (Å²) in [5.41, 5.74) is 0. The van der Waals surface area contributed by atoms with Crippen molar-refractivity contribution in [1.82, 2.24) is 0 Å². The summed E-state index contributed by atoms with van der Waals surface area (Å²) in [4.78, 5) is 22.4. The Morgan fingerprint density at radius 3 is 1.85 bits per heavy atom. The van der Waals surface area contributed by atoms with E-state index in [1.165, 1.54) is 7.11 Å². The fraction of sp³-hybridized carbons (Fsp3) is 0.867. The van der Waals surface area contributed by atoms with Gasteiger partial charge in [-0.1, -0.05) is 38.9 Å². The van der Waals surface area contributed by atoms with Crippen molar-refractivity contribution in [3.8, 4) is 0 Å². The number of esters is 2. The summed E-state index contributed by atoms with van der Waals surface area (Å²) < 4.78 is 9.80. The Morgan fingerprint density at radius 2 is 1.35 bits per heavy atom. The molecule has 0 aromatic rings. The van der Waals surface area contributed by atoms with Crippen LogP contribution in [-0.2, 0) is 19.1 Å². The Balaban J connectivity index is 3.34. The summed E-state index contributed by atoms with van der Waals surface area (Å²) in [5, 5.41) is 0. The molecule has 0 aromatic heterocycles. The Kier molecular flexibility index (Phi) is 10.4. The monoisotopic (exact) mass is 302 g/mol. The van der Waals surface area contributed by atoms with E-state index >= 15 is 0 Å². The highest BCUT2D eigenvalue weighted by molar-refractivity contribution is 6.76. The molecule has 0 bridgehead atoms. The minimum atomic E-state index is -1.10. The molecule has 0 aliphatic carbocycles. The van der Waals surface area contributed by atoms with Crippen LogP contribution in [0.5, 0.6) is 0 Å². The second-order valence-corrected chi connectivity index (χ2v) is 12.0. The van der Waals surface area contributed by atoms with Gasteiger partial charge in [-0.15, -0.1) is 0 Å². The lowest BCUT2D eigenvalue weighted by Gasteiger charge is -2.15. The predicted octanol–water partition coefficient (Wildman–Crippen LogP) is 3.77. The minimum absolute atomic E-state index is 0.0715. The molecular weight excluding hydrogens is 272 g/mol. The van der Waals surface area contributed by atoms with Crippen LogP contribution < -0.4 is 0 Å². The lowest BCUT2D eigenvalue weighted by atomic mass is 10.1. The molecule has 0 fully saturated rings. The number of unbranched alkanes of at least 4 members (excludes halogenated alkanes) is 4. The number of carbonyl (C=O) groups is 2. The zero-order valence-electron chi connectivity index (χ0n) is 13.5. The van der Waals surface area contributed by atoms with Gasteiger partial charge in [0.25, 0.3) is 0 Å². The SMILES string of the molecule is COC(=O)CCCCCCCC(=O)OCC[Si](C)(C)C. The molecular formula is C15H30O4Si. The van der Waals surface area contributed by atoms with Gasteiger partial charge in [0.2, 0.25) is 0 Å². The van der Waals surface area contributed by atoms with E-state index in [1.54, 1.807) is 0 Å². The topological polar surface area (TPSA) is 52.6 Å². The van der Waals surface area contributed by atoms with Crippen molar-refractivity contribution in [1.29, 1.82) is 0 Å². The van der Waals surface area contributed by atoms with Gasteiger partial charge in [0.1, 0.15) is 0 Å². The predicted molar refractivity (Wildman–Crippen MR) is 83.4 cm³/mol. The molecule has 118 valence electrons. The van der Waals surface area contributed by atoms with Gasteiger partial charge in [-0.3, -0.25) is 9.59 Å². The van der Waals surface area contributed by atoms with E-state index in [4.69, 9.17) is 4.74 Å². The van der Waals surface area contributed by atoms with Gasteiger partial charge in [-0.2, -0.15) is 0 Å². The van der Waals surface area contributed by atoms with Gasteiger partial charge < -0.3 is 9.47 Å². The van der Waals surface area contributed by atoms with Crippen LogP contribution >= 0.6 is 0 Å². The van der Waals surface area contributed by atoms with Crippen molar-refractivity contribution in [3.05, 3.63) is 0 Å². The van der Waals surface area contributed by atoms with E-state index in [1.807, 2.05) is 0 Å². The first kappa shape index (κ1) is 19.2. The van der Waals surface area contributed by atoms with Gasteiger partial charge in [0.05, 0.1) is 13.7 Å². The van der Waals surface area contributed by atoms with Gasteiger partial charge in [-0.05, 0) is 18.9 Å². The molecule has 0 heterocycles. The largest absolute Gasteiger partial charge is 0.469 e. The Bertz CT molecular complexity index is 284. The highest BCUT2D eigenvalue weighted by Crippen LogP contribution is 2.10. The molecule has 4 nitrogen and oxygen atoms in total. The van der Waals surface area contributed by atoms with Gasteiger partial charge in [-0.25, -0.2) is 0 Å². The van der Waals surface area contributed by atoms with Crippen LogP contribution in [0.3, 0.4) is 0 Å². The summed E-state index contributed by atoms with van der Waals surface area (Å²) in [6.07, 6.45) is 5.85. The Hall–Kier alpha value is -0.843. The average molecular weight is 302 g/mol. The van der Waals surface area contributed by atoms with Crippen molar-refractivity contribution in [3.63, 3.8) is 0 Å². The molecule has 0 N–H and O–H groups in total. The number of rotatable bonds is 11. The van der Waals surface area contributed by atoms with Crippen molar-refractivity contribution in [2.75, 3.05) is 13.7 Å². The lowest BCUT2D eigenvalue weighted by molar-refractivity contribution is -0.143. The molecule has 0 unspecified atom stereocenters. The fourth-order valence-corrected chi connectivity index (χ4v) is 2.43. The van der Waals surface area contributed by atoms with Crippen molar-refractivity contribution in [2.24, 2.45) is 0 Å². The maximum atomic E-state index is 11.5. The summed E-state index contributed by atoms with van der Waals surface area (Å²) in [6.45, 7) is 7.40. The third-order valence-electron chi connectivity index (χ3n) is 3.10. The summed E-state index contributed by atoms with van der Waals surface area (Å²) >= 11 is 0. The van der Waals surface area contributed by atoms with Crippen molar-refractivity contribution < 1.29 is 19.1 Å². The molecule has 0 saturated carbocycles. The first-order valence-corrected chi connectivity index (χ1v) is 11.3. The van der Waals surface area contributed by atoms with E-state index in [0.29, 0.717) is 19.4 Å². The summed E-state index contributed by atoms with van der Waals surface area (Å²) in [6, 6.07) is 1.03. The number of hydrogen-bond donors (Lipinski definition) is 0. The Labute approximate surface area is 124 Å². The second-order valence-electron chi connectivity index (χ2n) is 6.38. The molecule has 5 heteroatoms. The van der Waals surface area contributed by atoms with Crippen LogP contribution in [0.1, 0.15) is 44.9 Å². The lowest BCUT2D eigenvalue weighted by Crippen LogP contribution is -2.22. The molecule has 20 heavy (non-hydrogen) atoms. The molecule has 0 saturated heterocycles. The zero-order valence-corrected chi connectivity index (χ0v) is 14.5. The first-order valence-electron chi connectivity index (χ1n) is 7.57. The van der Waals surface area contributed by atoms with E-state index < -0.39 is 8.07 Å². The average Bonchev–Trinajstić information content (AvgIpc) is 2.35. The molecule has 0 radical (unpaired) electrons. The minimum Gasteiger partial charge on any atom is -0.469 e. The van der Waals surface area contributed by atoms with E-state index in [-0.39, 0.29) is 11.9 Å². The smallest absolute Gasteiger partial charge is 0.305 e. The molecule has 0 aromatic carbocycles. The van der Waals surface area contributed by atoms with Crippen LogP contribution in [0.15, 0.2) is 0 Å². The number of carbonyl (C=O) groups excluding carboxylic acids is 2. The summed E-state index contributed by atoms with van der Waals surface area (Å²) in [7, 11) is 0.308. The third kappa shape index (κ3) is 13.6. The van der Waals surface area contributed by atoms with Gasteiger partial charge in [0.15, 0.2) is 0 Å². The quantitative estimate of drug-likeness (QED) is 0.331. The fourth-order valence-electron chi connectivity index (χ4n) is 1.71.